The molecule has 1 heterocycles. The second-order valence-electron chi connectivity index (χ2n) is 7.48. The van der Waals surface area contributed by atoms with Crippen molar-refractivity contribution >= 4 is 32.8 Å². The number of hydrogen-bond acceptors (Lipinski definition) is 7. The molecule has 0 unspecified atom stereocenters. The lowest BCUT2D eigenvalue weighted by Gasteiger charge is -2.09. The average molecular weight is 493 g/mol. The Balaban J connectivity index is 2.05. The number of nitrogens with zero attached hydrogens (tertiary/aromatic N) is 3. The van der Waals surface area contributed by atoms with E-state index in [-0.39, 0.29) is 28.6 Å². The third-order valence-electron chi connectivity index (χ3n) is 4.99. The van der Waals surface area contributed by atoms with Crippen molar-refractivity contribution in [3.8, 4) is 11.4 Å². The molecule has 3 aromatic rings. The third kappa shape index (κ3) is 5.18. The van der Waals surface area contributed by atoms with Crippen LogP contribution in [0, 0.1) is 20.8 Å². The minimum atomic E-state index is -3.58. The third-order valence-corrected chi connectivity index (χ3v) is 6.95. The van der Waals surface area contributed by atoms with E-state index in [0.717, 1.165) is 11.1 Å². The summed E-state index contributed by atoms with van der Waals surface area (Å²) in [5.41, 5.74) is 2.61. The summed E-state index contributed by atoms with van der Waals surface area (Å²) in [5, 5.41) is 11.6. The zero-order chi connectivity index (χ0) is 24.3. The van der Waals surface area contributed by atoms with Crippen LogP contribution in [0.25, 0.3) is 5.69 Å². The first-order valence-electron chi connectivity index (χ1n) is 9.99. The van der Waals surface area contributed by atoms with Gasteiger partial charge >= 0.3 is 0 Å². The molecule has 2 aromatic carbocycles. The SMILES string of the molecule is COCCS(=O)(=O)c1ccc(OC)c(N=Nc2c(C)[nH]n(-c3c(C)cc(C)cc3Cl)c2=O)c1. The van der Waals surface area contributed by atoms with Crippen molar-refractivity contribution in [3.05, 3.63) is 62.5 Å². The first-order valence-corrected chi connectivity index (χ1v) is 12.0. The van der Waals surface area contributed by atoms with Gasteiger partial charge in [-0.05, 0) is 56.2 Å². The van der Waals surface area contributed by atoms with Crippen LogP contribution in [0.5, 0.6) is 5.75 Å². The summed E-state index contributed by atoms with van der Waals surface area (Å²) in [6.45, 7) is 5.53. The number of methoxy groups -OCH3 is 2. The van der Waals surface area contributed by atoms with Crippen molar-refractivity contribution in [1.29, 1.82) is 0 Å². The predicted molar refractivity (Wildman–Crippen MR) is 127 cm³/mol. The van der Waals surface area contributed by atoms with E-state index in [1.165, 1.54) is 37.1 Å². The lowest BCUT2D eigenvalue weighted by atomic mass is 10.1. The van der Waals surface area contributed by atoms with Crippen molar-refractivity contribution in [1.82, 2.24) is 9.78 Å². The van der Waals surface area contributed by atoms with Gasteiger partial charge in [0.05, 0.1) is 40.8 Å². The van der Waals surface area contributed by atoms with E-state index in [1.807, 2.05) is 19.9 Å². The number of ether oxygens (including phenoxy) is 2. The topological polar surface area (TPSA) is 115 Å². The number of halogens is 1. The summed E-state index contributed by atoms with van der Waals surface area (Å²) in [4.78, 5) is 13.1. The fourth-order valence-electron chi connectivity index (χ4n) is 3.36. The summed E-state index contributed by atoms with van der Waals surface area (Å²) in [7, 11) is -0.717. The Morgan fingerprint density at radius 1 is 1.09 bits per heavy atom. The Hall–Kier alpha value is -2.95. The van der Waals surface area contributed by atoms with E-state index in [1.54, 1.807) is 13.0 Å². The lowest BCUT2D eigenvalue weighted by molar-refractivity contribution is 0.217. The van der Waals surface area contributed by atoms with Gasteiger partial charge in [-0.1, -0.05) is 17.7 Å². The zero-order valence-corrected chi connectivity index (χ0v) is 20.5. The van der Waals surface area contributed by atoms with Crippen LogP contribution in [-0.2, 0) is 14.6 Å². The molecule has 0 amide bonds. The molecule has 176 valence electrons. The Bertz CT molecular complexity index is 1350. The summed E-state index contributed by atoms with van der Waals surface area (Å²) in [5.74, 6) is 0.139. The molecule has 1 aromatic heterocycles. The normalized spacial score (nSPS) is 11.9. The maximum absolute atomic E-state index is 13.1. The quantitative estimate of drug-likeness (QED) is 0.462. The molecular weight excluding hydrogens is 468 g/mol. The molecule has 0 aliphatic rings. The van der Waals surface area contributed by atoms with Gasteiger partial charge in [-0.3, -0.25) is 9.89 Å². The molecular formula is C22H25ClN4O5S. The number of benzene rings is 2. The molecule has 0 aliphatic carbocycles. The summed E-state index contributed by atoms with van der Waals surface area (Å²) in [6.07, 6.45) is 0. The summed E-state index contributed by atoms with van der Waals surface area (Å²) < 4.78 is 36.5. The molecule has 0 atom stereocenters. The number of azo groups is 1. The van der Waals surface area contributed by atoms with Crippen LogP contribution in [-0.4, -0.2) is 44.8 Å². The van der Waals surface area contributed by atoms with Crippen molar-refractivity contribution in [2.75, 3.05) is 26.6 Å². The van der Waals surface area contributed by atoms with E-state index in [0.29, 0.717) is 22.2 Å². The van der Waals surface area contributed by atoms with E-state index in [9.17, 15) is 13.2 Å². The molecule has 0 saturated carbocycles. The molecule has 33 heavy (non-hydrogen) atoms. The minimum absolute atomic E-state index is 0.0552. The van der Waals surface area contributed by atoms with Crippen molar-refractivity contribution < 1.29 is 17.9 Å². The summed E-state index contributed by atoms with van der Waals surface area (Å²) in [6, 6.07) is 7.97. The Morgan fingerprint density at radius 3 is 2.45 bits per heavy atom. The number of H-pyrrole nitrogens is 1. The van der Waals surface area contributed by atoms with Crippen molar-refractivity contribution in [2.45, 2.75) is 25.7 Å². The van der Waals surface area contributed by atoms with Gasteiger partial charge in [-0.2, -0.15) is 0 Å². The summed E-state index contributed by atoms with van der Waals surface area (Å²) >= 11 is 6.40. The number of rotatable bonds is 8. The van der Waals surface area contributed by atoms with Crippen LogP contribution in [0.3, 0.4) is 0 Å². The number of aryl methyl sites for hydroxylation is 3. The Morgan fingerprint density at radius 2 is 1.82 bits per heavy atom. The van der Waals surface area contributed by atoms with Gasteiger partial charge in [0, 0.05) is 7.11 Å². The van der Waals surface area contributed by atoms with E-state index in [4.69, 9.17) is 21.1 Å². The van der Waals surface area contributed by atoms with Gasteiger partial charge < -0.3 is 9.47 Å². The van der Waals surface area contributed by atoms with Crippen LogP contribution in [0.1, 0.15) is 16.8 Å². The molecule has 0 radical (unpaired) electrons. The Labute approximate surface area is 196 Å². The molecule has 0 fully saturated rings. The van der Waals surface area contributed by atoms with Gasteiger partial charge in [0.1, 0.15) is 11.4 Å². The van der Waals surface area contributed by atoms with Crippen LogP contribution < -0.4 is 10.3 Å². The highest BCUT2D eigenvalue weighted by atomic mass is 35.5. The van der Waals surface area contributed by atoms with Crippen LogP contribution in [0.15, 0.2) is 50.3 Å². The van der Waals surface area contributed by atoms with Gasteiger partial charge in [0.15, 0.2) is 15.5 Å². The monoisotopic (exact) mass is 492 g/mol. The van der Waals surface area contributed by atoms with Gasteiger partial charge in [0.2, 0.25) is 0 Å². The fourth-order valence-corrected chi connectivity index (χ4v) is 4.95. The van der Waals surface area contributed by atoms with Gasteiger partial charge in [-0.25, -0.2) is 13.1 Å². The number of aromatic amines is 1. The molecule has 0 saturated heterocycles. The maximum atomic E-state index is 13.1. The molecule has 9 nitrogen and oxygen atoms in total. The first-order chi connectivity index (χ1) is 15.6. The van der Waals surface area contributed by atoms with Crippen molar-refractivity contribution in [2.24, 2.45) is 10.2 Å². The number of hydrogen-bond donors (Lipinski definition) is 1. The minimum Gasteiger partial charge on any atom is -0.494 e. The predicted octanol–water partition coefficient (Wildman–Crippen LogP) is 4.59. The zero-order valence-electron chi connectivity index (χ0n) is 19.0. The fraction of sp³-hybridized carbons (Fsp3) is 0.318. The maximum Gasteiger partial charge on any atom is 0.299 e. The molecule has 3 rings (SSSR count). The van der Waals surface area contributed by atoms with Crippen molar-refractivity contribution in [3.63, 3.8) is 0 Å². The molecule has 0 bridgehead atoms. The molecule has 0 aliphatic heterocycles. The van der Waals surface area contributed by atoms with Crippen LogP contribution in [0.2, 0.25) is 5.02 Å². The first kappa shape index (κ1) is 24.7. The largest absolute Gasteiger partial charge is 0.494 e. The van der Waals surface area contributed by atoms with Crippen LogP contribution >= 0.6 is 11.6 Å². The average Bonchev–Trinajstić information content (AvgIpc) is 3.03. The Kier molecular flexibility index (Phi) is 7.41. The molecule has 1 N–H and O–H groups in total. The van der Waals surface area contributed by atoms with E-state index < -0.39 is 15.4 Å². The van der Waals surface area contributed by atoms with E-state index >= 15 is 0 Å². The highest BCUT2D eigenvalue weighted by Crippen LogP contribution is 2.32. The number of nitrogens with one attached hydrogen (secondary N) is 1. The lowest BCUT2D eigenvalue weighted by Crippen LogP contribution is -2.16. The second-order valence-corrected chi connectivity index (χ2v) is 10.00. The van der Waals surface area contributed by atoms with Gasteiger partial charge in [0.25, 0.3) is 5.56 Å². The second kappa shape index (κ2) is 9.90. The van der Waals surface area contributed by atoms with Gasteiger partial charge in [-0.15, -0.1) is 10.2 Å². The molecule has 0 spiro atoms. The van der Waals surface area contributed by atoms with E-state index in [2.05, 4.69) is 15.3 Å². The standard InChI is InChI=1S/C22H25ClN4O5S/c1-13-10-14(2)21(17(23)11-13)27-22(28)20(15(3)26-27)25-24-18-12-16(6-7-19(18)32-5)33(29,30)9-8-31-4/h6-7,10-12,26H,8-9H2,1-5H3. The highest BCUT2D eigenvalue weighted by molar-refractivity contribution is 7.91. The highest BCUT2D eigenvalue weighted by Gasteiger charge is 2.19. The van der Waals surface area contributed by atoms with Crippen LogP contribution in [0.4, 0.5) is 11.4 Å². The smallest absolute Gasteiger partial charge is 0.299 e. The number of sulfone groups is 1. The number of aromatic nitrogens is 2. The molecule has 11 heteroatoms.